The fourth-order valence-corrected chi connectivity index (χ4v) is 0.331. The van der Waals surface area contributed by atoms with Gasteiger partial charge in [-0.15, -0.1) is 0 Å². The molecule has 0 fully saturated rings. The van der Waals surface area contributed by atoms with Gasteiger partial charge in [-0.1, -0.05) is 23.2 Å². The lowest BCUT2D eigenvalue weighted by Gasteiger charge is -2.04. The van der Waals surface area contributed by atoms with Gasteiger partial charge in [0.05, 0.1) is 0 Å². The maximum absolute atomic E-state index is 11.9. The molecule has 0 aliphatic rings. The van der Waals surface area contributed by atoms with E-state index in [1.54, 1.807) is 0 Å². The highest BCUT2D eigenvalue weighted by atomic mass is 35.5. The van der Waals surface area contributed by atoms with Gasteiger partial charge in [0.15, 0.2) is 0 Å². The third-order valence-corrected chi connectivity index (χ3v) is 0.828. The zero-order valence-electron chi connectivity index (χ0n) is 4.04. The van der Waals surface area contributed by atoms with Crippen molar-refractivity contribution < 1.29 is 9.18 Å². The molecule has 0 spiro atoms. The lowest BCUT2D eigenvalue weighted by Crippen LogP contribution is -2.32. The molecule has 0 atom stereocenters. The number of rotatable bonds is 1. The summed E-state index contributed by atoms with van der Waals surface area (Å²) in [6, 6.07) is 0. The molecule has 0 saturated heterocycles. The Bertz CT molecular complexity index is 99.9. The van der Waals surface area contributed by atoms with Crippen LogP contribution in [0.5, 0.6) is 0 Å². The molecule has 48 valence electrons. The van der Waals surface area contributed by atoms with E-state index in [9.17, 15) is 9.18 Å². The molecule has 5 heteroatoms. The third-order valence-electron chi connectivity index (χ3n) is 0.485. The molecule has 8 heavy (non-hydrogen) atoms. The summed E-state index contributed by atoms with van der Waals surface area (Å²) >= 11 is 9.34. The van der Waals surface area contributed by atoms with Crippen molar-refractivity contribution in [2.75, 3.05) is 7.05 Å². The summed E-state index contributed by atoms with van der Waals surface area (Å²) in [7, 11) is 1.24. The highest BCUT2D eigenvalue weighted by Crippen LogP contribution is 2.21. The molecule has 0 aromatic rings. The molecule has 2 nitrogen and oxygen atoms in total. The van der Waals surface area contributed by atoms with Crippen molar-refractivity contribution in [1.29, 1.82) is 0 Å². The maximum atomic E-state index is 11.9. The molecule has 0 aliphatic heterocycles. The second-order valence-corrected chi connectivity index (χ2v) is 2.31. The molecule has 0 unspecified atom stereocenters. The summed E-state index contributed by atoms with van der Waals surface area (Å²) in [4.78, 5) is 10.1. The first-order valence-corrected chi connectivity index (χ1v) is 2.53. The Morgan fingerprint density at radius 3 is 2.12 bits per heavy atom. The van der Waals surface area contributed by atoms with Crippen molar-refractivity contribution in [2.24, 2.45) is 0 Å². The molecule has 0 aromatic heterocycles. The van der Waals surface area contributed by atoms with Crippen LogP contribution in [0.3, 0.4) is 0 Å². The van der Waals surface area contributed by atoms with Crippen molar-refractivity contribution in [1.82, 2.24) is 5.32 Å². The number of hydrogen-bond donors (Lipinski definition) is 1. The quantitative estimate of drug-likeness (QED) is 0.565. The van der Waals surface area contributed by atoms with Crippen LogP contribution in [0.4, 0.5) is 4.39 Å². The van der Waals surface area contributed by atoms with Crippen molar-refractivity contribution in [3.05, 3.63) is 0 Å². The minimum atomic E-state index is -2.80. The number of amides is 1. The lowest BCUT2D eigenvalue weighted by atomic mass is 10.7. The molecular formula is C3H4Cl2FNO. The minimum absolute atomic E-state index is 1.05. The first-order valence-electron chi connectivity index (χ1n) is 1.77. The van der Waals surface area contributed by atoms with E-state index in [0.717, 1.165) is 0 Å². The van der Waals surface area contributed by atoms with E-state index in [1.807, 2.05) is 5.32 Å². The summed E-state index contributed by atoms with van der Waals surface area (Å²) in [5, 5.41) is 1.93. The SMILES string of the molecule is CNC(=O)C(F)(Cl)Cl. The average Bonchev–Trinajstić information content (AvgIpc) is 1.62. The van der Waals surface area contributed by atoms with Crippen LogP contribution in [-0.4, -0.2) is 17.5 Å². The van der Waals surface area contributed by atoms with Gasteiger partial charge in [0.1, 0.15) is 0 Å². The Hall–Kier alpha value is -0.0200. The first kappa shape index (κ1) is 7.98. The standard InChI is InChI=1S/C3H4Cl2FNO/c1-7-2(8)3(4,5)6/h1H3,(H,7,8). The summed E-state index contributed by atoms with van der Waals surface area (Å²) in [5.41, 5.74) is 0. The van der Waals surface area contributed by atoms with Crippen molar-refractivity contribution in [2.45, 2.75) is 4.59 Å². The van der Waals surface area contributed by atoms with Crippen molar-refractivity contribution >= 4 is 29.1 Å². The highest BCUT2D eigenvalue weighted by molar-refractivity contribution is 6.56. The smallest absolute Gasteiger partial charge is 0.335 e. The Balaban J connectivity index is 3.82. The number of carbonyl (C=O) groups is 1. The average molecular weight is 160 g/mol. The highest BCUT2D eigenvalue weighted by Gasteiger charge is 2.31. The molecule has 1 amide bonds. The summed E-state index contributed by atoms with van der Waals surface area (Å²) in [6.45, 7) is 0. The van der Waals surface area contributed by atoms with Gasteiger partial charge in [-0.25, -0.2) is 0 Å². The van der Waals surface area contributed by atoms with Gasteiger partial charge < -0.3 is 5.32 Å². The van der Waals surface area contributed by atoms with Gasteiger partial charge in [0.25, 0.3) is 5.91 Å². The minimum Gasteiger partial charge on any atom is -0.354 e. The fourth-order valence-electron chi connectivity index (χ4n) is 0.142. The largest absolute Gasteiger partial charge is 0.354 e. The number of carbonyl (C=O) groups excluding carboxylic acids is 1. The van der Waals surface area contributed by atoms with E-state index in [2.05, 4.69) is 23.2 Å². The molecule has 1 N–H and O–H groups in total. The van der Waals surface area contributed by atoms with Crippen LogP contribution in [0.1, 0.15) is 0 Å². The van der Waals surface area contributed by atoms with Crippen LogP contribution in [0, 0.1) is 0 Å². The van der Waals surface area contributed by atoms with Gasteiger partial charge in [-0.2, -0.15) is 4.39 Å². The van der Waals surface area contributed by atoms with E-state index in [-0.39, 0.29) is 0 Å². The summed E-state index contributed by atoms with van der Waals surface area (Å²) in [5.74, 6) is -1.05. The van der Waals surface area contributed by atoms with Crippen LogP contribution in [-0.2, 0) is 4.79 Å². The van der Waals surface area contributed by atoms with Crippen molar-refractivity contribution in [3.8, 4) is 0 Å². The van der Waals surface area contributed by atoms with E-state index in [4.69, 9.17) is 0 Å². The molecule has 0 rings (SSSR count). The molecule has 0 radical (unpaired) electrons. The normalized spacial score (nSPS) is 11.0. The number of halogens is 3. The molecule has 0 bridgehead atoms. The van der Waals surface area contributed by atoms with Gasteiger partial charge in [0, 0.05) is 7.05 Å². The van der Waals surface area contributed by atoms with Gasteiger partial charge in [-0.3, -0.25) is 4.79 Å². The Labute approximate surface area is 56.0 Å². The van der Waals surface area contributed by atoms with Crippen LogP contribution >= 0.6 is 23.2 Å². The Morgan fingerprint density at radius 1 is 1.75 bits per heavy atom. The molecule has 0 aliphatic carbocycles. The monoisotopic (exact) mass is 159 g/mol. The zero-order chi connectivity index (χ0) is 6.78. The Morgan fingerprint density at radius 2 is 2.12 bits per heavy atom. The zero-order valence-corrected chi connectivity index (χ0v) is 5.55. The van der Waals surface area contributed by atoms with Crippen LogP contribution < -0.4 is 5.32 Å². The van der Waals surface area contributed by atoms with E-state index >= 15 is 0 Å². The van der Waals surface area contributed by atoms with Crippen molar-refractivity contribution in [3.63, 3.8) is 0 Å². The molecule has 0 aromatic carbocycles. The van der Waals surface area contributed by atoms with Gasteiger partial charge >= 0.3 is 4.59 Å². The first-order chi connectivity index (χ1) is 3.48. The van der Waals surface area contributed by atoms with Crippen LogP contribution in [0.15, 0.2) is 0 Å². The molecular weight excluding hydrogens is 156 g/mol. The van der Waals surface area contributed by atoms with E-state index < -0.39 is 10.5 Å². The lowest BCUT2D eigenvalue weighted by molar-refractivity contribution is -0.124. The molecule has 0 heterocycles. The van der Waals surface area contributed by atoms with Gasteiger partial charge in [-0.05, 0) is 0 Å². The Kier molecular flexibility index (Phi) is 2.50. The maximum Gasteiger partial charge on any atom is 0.335 e. The van der Waals surface area contributed by atoms with Gasteiger partial charge in [0.2, 0.25) is 0 Å². The number of alkyl halides is 3. The van der Waals surface area contributed by atoms with Crippen LogP contribution in [0.25, 0.3) is 0 Å². The summed E-state index contributed by atoms with van der Waals surface area (Å²) < 4.78 is 9.10. The number of nitrogens with one attached hydrogen (secondary N) is 1. The second kappa shape index (κ2) is 2.51. The van der Waals surface area contributed by atoms with E-state index in [0.29, 0.717) is 0 Å². The molecule has 0 saturated carbocycles. The fraction of sp³-hybridized carbons (Fsp3) is 0.667. The third kappa shape index (κ3) is 2.33. The number of hydrogen-bond acceptors (Lipinski definition) is 1. The van der Waals surface area contributed by atoms with Crippen LogP contribution in [0.2, 0.25) is 0 Å². The topological polar surface area (TPSA) is 29.1 Å². The summed E-state index contributed by atoms with van der Waals surface area (Å²) in [6.07, 6.45) is 0. The predicted octanol–water partition coefficient (Wildman–Crippen LogP) is 0.833. The second-order valence-electron chi connectivity index (χ2n) is 1.08. The predicted molar refractivity (Wildman–Crippen MR) is 29.6 cm³/mol. The van der Waals surface area contributed by atoms with E-state index in [1.165, 1.54) is 7.05 Å².